The standard InChI is InChI=1S/C16H12N4O/c1-21-16-15-14(9-10-17-16)20(19-18-15)13-8-4-6-11-5-2-3-7-12(11)13/h2-10H,1H3. The van der Waals surface area contributed by atoms with Crippen LogP contribution < -0.4 is 4.74 Å². The number of hydrogen-bond donors (Lipinski definition) is 0. The number of fused-ring (bicyclic) bond motifs is 2. The number of nitrogens with zero attached hydrogens (tertiary/aromatic N) is 4. The molecule has 0 amide bonds. The van der Waals surface area contributed by atoms with Crippen LogP contribution in [0.25, 0.3) is 27.5 Å². The Balaban J connectivity index is 2.06. The van der Waals surface area contributed by atoms with E-state index in [9.17, 15) is 0 Å². The minimum absolute atomic E-state index is 0.485. The highest BCUT2D eigenvalue weighted by Crippen LogP contribution is 2.26. The van der Waals surface area contributed by atoms with Gasteiger partial charge in [-0.3, -0.25) is 0 Å². The normalized spacial score (nSPS) is 11.1. The van der Waals surface area contributed by atoms with Crippen molar-refractivity contribution in [3.8, 4) is 11.6 Å². The molecule has 0 saturated heterocycles. The summed E-state index contributed by atoms with van der Waals surface area (Å²) < 4.78 is 7.06. The van der Waals surface area contributed by atoms with Crippen LogP contribution in [0.5, 0.6) is 5.88 Å². The molecule has 0 N–H and O–H groups in total. The van der Waals surface area contributed by atoms with E-state index >= 15 is 0 Å². The van der Waals surface area contributed by atoms with Crippen LogP contribution in [0.1, 0.15) is 0 Å². The molecule has 21 heavy (non-hydrogen) atoms. The van der Waals surface area contributed by atoms with E-state index in [2.05, 4.69) is 33.5 Å². The maximum absolute atomic E-state index is 5.24. The zero-order valence-electron chi connectivity index (χ0n) is 11.4. The average molecular weight is 276 g/mol. The summed E-state index contributed by atoms with van der Waals surface area (Å²) in [5.41, 5.74) is 2.52. The van der Waals surface area contributed by atoms with Crippen molar-refractivity contribution >= 4 is 21.8 Å². The summed E-state index contributed by atoms with van der Waals surface area (Å²) in [6, 6.07) is 16.2. The van der Waals surface area contributed by atoms with Gasteiger partial charge < -0.3 is 4.74 Å². The molecule has 2 aromatic carbocycles. The summed E-state index contributed by atoms with van der Waals surface area (Å²) in [7, 11) is 1.58. The molecule has 0 radical (unpaired) electrons. The molecule has 2 heterocycles. The van der Waals surface area contributed by atoms with Gasteiger partial charge in [-0.25, -0.2) is 9.67 Å². The molecule has 0 aliphatic carbocycles. The van der Waals surface area contributed by atoms with Gasteiger partial charge in [0.1, 0.15) is 5.52 Å². The van der Waals surface area contributed by atoms with Gasteiger partial charge in [-0.15, -0.1) is 5.10 Å². The third kappa shape index (κ3) is 1.74. The fourth-order valence-corrected chi connectivity index (χ4v) is 2.55. The van der Waals surface area contributed by atoms with E-state index in [4.69, 9.17) is 4.74 Å². The molecule has 0 fully saturated rings. The molecule has 4 aromatic rings. The second-order valence-corrected chi connectivity index (χ2v) is 4.69. The highest BCUT2D eigenvalue weighted by molar-refractivity contribution is 5.92. The number of aromatic nitrogens is 4. The highest BCUT2D eigenvalue weighted by atomic mass is 16.5. The summed E-state index contributed by atoms with van der Waals surface area (Å²) in [5, 5.41) is 10.8. The van der Waals surface area contributed by atoms with Crippen molar-refractivity contribution < 1.29 is 4.74 Å². The lowest BCUT2D eigenvalue weighted by atomic mass is 10.1. The first-order valence-electron chi connectivity index (χ1n) is 6.61. The van der Waals surface area contributed by atoms with Gasteiger partial charge in [-0.1, -0.05) is 41.6 Å². The van der Waals surface area contributed by atoms with Crippen LogP contribution in [0.4, 0.5) is 0 Å². The minimum atomic E-state index is 0.485. The number of benzene rings is 2. The van der Waals surface area contributed by atoms with Crippen molar-refractivity contribution in [2.75, 3.05) is 7.11 Å². The predicted molar refractivity (Wildman–Crippen MR) is 80.7 cm³/mol. The third-order valence-corrected chi connectivity index (χ3v) is 3.52. The third-order valence-electron chi connectivity index (χ3n) is 3.52. The van der Waals surface area contributed by atoms with Crippen LogP contribution in [0.15, 0.2) is 54.7 Å². The number of ether oxygens (including phenoxy) is 1. The Kier molecular flexibility index (Phi) is 2.57. The van der Waals surface area contributed by atoms with E-state index in [1.165, 1.54) is 5.39 Å². The lowest BCUT2D eigenvalue weighted by Crippen LogP contribution is -1.97. The van der Waals surface area contributed by atoms with Crippen LogP contribution in [0.3, 0.4) is 0 Å². The van der Waals surface area contributed by atoms with Crippen LogP contribution >= 0.6 is 0 Å². The number of pyridine rings is 1. The molecule has 0 aliphatic rings. The molecule has 0 spiro atoms. The molecule has 0 unspecified atom stereocenters. The zero-order chi connectivity index (χ0) is 14.2. The van der Waals surface area contributed by atoms with Crippen molar-refractivity contribution in [2.24, 2.45) is 0 Å². The first-order valence-corrected chi connectivity index (χ1v) is 6.61. The van der Waals surface area contributed by atoms with Crippen LogP contribution in [-0.2, 0) is 0 Å². The lowest BCUT2D eigenvalue weighted by Gasteiger charge is -2.07. The molecule has 0 bridgehead atoms. The maximum Gasteiger partial charge on any atom is 0.243 e. The molecular weight excluding hydrogens is 264 g/mol. The average Bonchev–Trinajstić information content (AvgIpc) is 2.98. The van der Waals surface area contributed by atoms with E-state index in [1.54, 1.807) is 13.3 Å². The van der Waals surface area contributed by atoms with Crippen LogP contribution in [0.2, 0.25) is 0 Å². The van der Waals surface area contributed by atoms with Gasteiger partial charge in [0, 0.05) is 11.6 Å². The molecule has 0 aliphatic heterocycles. The largest absolute Gasteiger partial charge is 0.479 e. The smallest absolute Gasteiger partial charge is 0.243 e. The molecular formula is C16H12N4O. The van der Waals surface area contributed by atoms with E-state index < -0.39 is 0 Å². The van der Waals surface area contributed by atoms with Gasteiger partial charge in [-0.05, 0) is 17.5 Å². The Morgan fingerprint density at radius 3 is 2.76 bits per heavy atom. The summed E-state index contributed by atoms with van der Waals surface area (Å²) in [6.07, 6.45) is 1.70. The lowest BCUT2D eigenvalue weighted by molar-refractivity contribution is 0.402. The Labute approximate surface area is 120 Å². The number of rotatable bonds is 2. The van der Waals surface area contributed by atoms with Crippen molar-refractivity contribution in [3.05, 3.63) is 54.7 Å². The zero-order valence-corrected chi connectivity index (χ0v) is 11.4. The first-order chi connectivity index (χ1) is 10.4. The molecule has 5 heteroatoms. The van der Waals surface area contributed by atoms with E-state index in [-0.39, 0.29) is 0 Å². The fraction of sp³-hybridized carbons (Fsp3) is 0.0625. The molecule has 5 nitrogen and oxygen atoms in total. The Morgan fingerprint density at radius 2 is 1.86 bits per heavy atom. The summed E-state index contributed by atoms with van der Waals surface area (Å²) in [6.45, 7) is 0. The summed E-state index contributed by atoms with van der Waals surface area (Å²) in [4.78, 5) is 4.16. The van der Waals surface area contributed by atoms with E-state index in [1.807, 2.05) is 35.0 Å². The van der Waals surface area contributed by atoms with Crippen molar-refractivity contribution in [1.29, 1.82) is 0 Å². The highest BCUT2D eigenvalue weighted by Gasteiger charge is 2.13. The first kappa shape index (κ1) is 11.8. The van der Waals surface area contributed by atoms with Gasteiger partial charge in [0.15, 0.2) is 5.52 Å². The van der Waals surface area contributed by atoms with Gasteiger partial charge in [-0.2, -0.15) is 0 Å². The van der Waals surface area contributed by atoms with Crippen molar-refractivity contribution in [2.45, 2.75) is 0 Å². The summed E-state index contributed by atoms with van der Waals surface area (Å²) >= 11 is 0. The predicted octanol–water partition coefficient (Wildman–Crippen LogP) is 2.98. The quantitative estimate of drug-likeness (QED) is 0.565. The molecule has 0 atom stereocenters. The van der Waals surface area contributed by atoms with Crippen molar-refractivity contribution in [1.82, 2.24) is 20.0 Å². The van der Waals surface area contributed by atoms with Gasteiger partial charge in [0.05, 0.1) is 12.8 Å². The fourth-order valence-electron chi connectivity index (χ4n) is 2.55. The Bertz CT molecular complexity index is 940. The maximum atomic E-state index is 5.24. The molecule has 4 rings (SSSR count). The van der Waals surface area contributed by atoms with Crippen LogP contribution in [-0.4, -0.2) is 27.1 Å². The Hall–Kier alpha value is -2.95. The molecule has 102 valence electrons. The number of hydrogen-bond acceptors (Lipinski definition) is 4. The van der Waals surface area contributed by atoms with Gasteiger partial charge in [0.2, 0.25) is 5.88 Å². The molecule has 0 saturated carbocycles. The van der Waals surface area contributed by atoms with E-state index in [0.717, 1.165) is 16.6 Å². The number of methoxy groups -OCH3 is 1. The summed E-state index contributed by atoms with van der Waals surface area (Å²) in [5.74, 6) is 0.485. The molecule has 2 aromatic heterocycles. The Morgan fingerprint density at radius 1 is 1.00 bits per heavy atom. The second-order valence-electron chi connectivity index (χ2n) is 4.69. The van der Waals surface area contributed by atoms with Gasteiger partial charge >= 0.3 is 0 Å². The van der Waals surface area contributed by atoms with Crippen LogP contribution in [0, 0.1) is 0 Å². The van der Waals surface area contributed by atoms with Gasteiger partial charge in [0.25, 0.3) is 0 Å². The van der Waals surface area contributed by atoms with E-state index in [0.29, 0.717) is 11.4 Å². The second kappa shape index (κ2) is 4.56. The minimum Gasteiger partial charge on any atom is -0.479 e. The monoisotopic (exact) mass is 276 g/mol. The topological polar surface area (TPSA) is 52.8 Å². The van der Waals surface area contributed by atoms with Crippen molar-refractivity contribution in [3.63, 3.8) is 0 Å². The SMILES string of the molecule is COc1nccc2c1nnn2-c1cccc2ccccc12.